The van der Waals surface area contributed by atoms with E-state index in [0.29, 0.717) is 5.56 Å². The molecule has 0 unspecified atom stereocenters. The summed E-state index contributed by atoms with van der Waals surface area (Å²) in [6.45, 7) is 1.55. The SMILES string of the molecule is Cc1ccc([N+](=O)[O-])cc1NC(=O)[C@H](OC(=O)c1ccccc1)[C@@H](OC(=O)c1ccccc1)C(=O)O. The molecule has 2 N–H and O–H groups in total. The Balaban J connectivity index is 1.95. The van der Waals surface area contributed by atoms with Gasteiger partial charge in [-0.1, -0.05) is 42.5 Å². The lowest BCUT2D eigenvalue weighted by molar-refractivity contribution is -0.384. The van der Waals surface area contributed by atoms with Gasteiger partial charge in [0.2, 0.25) is 12.2 Å². The second-order valence-electron chi connectivity index (χ2n) is 7.47. The van der Waals surface area contributed by atoms with Gasteiger partial charge in [0.05, 0.1) is 21.7 Å². The summed E-state index contributed by atoms with van der Waals surface area (Å²) in [5, 5.41) is 23.2. The first kappa shape index (κ1) is 25.6. The minimum absolute atomic E-state index is 0.00632. The van der Waals surface area contributed by atoms with Crippen molar-refractivity contribution >= 4 is 35.2 Å². The second-order valence-corrected chi connectivity index (χ2v) is 7.47. The number of esters is 2. The van der Waals surface area contributed by atoms with E-state index in [0.717, 1.165) is 6.07 Å². The molecule has 0 heterocycles. The van der Waals surface area contributed by atoms with Gasteiger partial charge in [-0.3, -0.25) is 14.9 Å². The van der Waals surface area contributed by atoms with Crippen molar-refractivity contribution in [3.05, 3.63) is 106 Å². The lowest BCUT2D eigenvalue weighted by atomic mass is 10.1. The van der Waals surface area contributed by atoms with Crippen LogP contribution in [0.4, 0.5) is 11.4 Å². The van der Waals surface area contributed by atoms with Gasteiger partial charge in [0.1, 0.15) is 0 Å². The average Bonchev–Trinajstić information content (AvgIpc) is 2.87. The van der Waals surface area contributed by atoms with Gasteiger partial charge >= 0.3 is 17.9 Å². The number of nitro groups is 1. The zero-order chi connectivity index (χ0) is 26.2. The summed E-state index contributed by atoms with van der Waals surface area (Å²) in [4.78, 5) is 60.9. The normalized spacial score (nSPS) is 12.0. The first-order valence-electron chi connectivity index (χ1n) is 10.5. The van der Waals surface area contributed by atoms with Gasteiger partial charge in [-0.25, -0.2) is 14.4 Å². The van der Waals surface area contributed by atoms with Crippen LogP contribution >= 0.6 is 0 Å². The van der Waals surface area contributed by atoms with Crippen molar-refractivity contribution in [1.82, 2.24) is 0 Å². The summed E-state index contributed by atoms with van der Waals surface area (Å²) < 4.78 is 10.3. The number of aliphatic carboxylic acids is 1. The molecule has 0 aliphatic heterocycles. The van der Waals surface area contributed by atoms with Crippen LogP contribution < -0.4 is 5.32 Å². The highest BCUT2D eigenvalue weighted by Crippen LogP contribution is 2.23. The third kappa shape index (κ3) is 6.29. The molecule has 0 saturated carbocycles. The number of rotatable bonds is 9. The molecule has 36 heavy (non-hydrogen) atoms. The smallest absolute Gasteiger partial charge is 0.349 e. The van der Waals surface area contributed by atoms with E-state index < -0.39 is 40.9 Å². The van der Waals surface area contributed by atoms with E-state index in [1.54, 1.807) is 19.1 Å². The maximum atomic E-state index is 13.2. The number of carboxylic acid groups (broad SMARTS) is 1. The lowest BCUT2D eigenvalue weighted by Crippen LogP contribution is -2.48. The van der Waals surface area contributed by atoms with E-state index in [1.807, 2.05) is 0 Å². The monoisotopic (exact) mass is 492 g/mol. The first-order valence-corrected chi connectivity index (χ1v) is 10.5. The number of amides is 1. The molecule has 1 amide bonds. The predicted octanol–water partition coefficient (Wildman–Crippen LogP) is 3.38. The van der Waals surface area contributed by atoms with Crippen molar-refractivity contribution in [2.75, 3.05) is 5.32 Å². The summed E-state index contributed by atoms with van der Waals surface area (Å²) >= 11 is 0. The van der Waals surface area contributed by atoms with Gasteiger partial charge in [-0.05, 0) is 36.8 Å². The summed E-state index contributed by atoms with van der Waals surface area (Å²) in [7, 11) is 0. The lowest BCUT2D eigenvalue weighted by Gasteiger charge is -2.24. The highest BCUT2D eigenvalue weighted by atomic mass is 16.6. The van der Waals surface area contributed by atoms with Crippen LogP contribution in [0.2, 0.25) is 0 Å². The molecule has 3 rings (SSSR count). The van der Waals surface area contributed by atoms with E-state index in [1.165, 1.54) is 60.7 Å². The highest BCUT2D eigenvalue weighted by Gasteiger charge is 2.41. The number of hydrogen-bond donors (Lipinski definition) is 2. The molecule has 0 fully saturated rings. The first-order chi connectivity index (χ1) is 17.2. The van der Waals surface area contributed by atoms with Crippen LogP contribution in [-0.2, 0) is 19.1 Å². The van der Waals surface area contributed by atoms with Crippen LogP contribution in [0.1, 0.15) is 26.3 Å². The fourth-order valence-corrected chi connectivity index (χ4v) is 3.07. The summed E-state index contributed by atoms with van der Waals surface area (Å²) in [6.07, 6.45) is -4.37. The number of carbonyl (C=O) groups is 4. The molecule has 11 heteroatoms. The molecule has 0 aliphatic carbocycles. The fraction of sp³-hybridized carbons (Fsp3) is 0.120. The Morgan fingerprint density at radius 1 is 0.833 bits per heavy atom. The number of non-ortho nitro benzene ring substituents is 1. The Morgan fingerprint density at radius 2 is 1.33 bits per heavy atom. The van der Waals surface area contributed by atoms with E-state index >= 15 is 0 Å². The molecule has 2 atom stereocenters. The number of carbonyl (C=O) groups excluding carboxylic acids is 3. The zero-order valence-corrected chi connectivity index (χ0v) is 18.8. The molecule has 0 radical (unpaired) electrons. The van der Waals surface area contributed by atoms with Crippen LogP contribution in [0.3, 0.4) is 0 Å². The summed E-state index contributed by atoms with van der Waals surface area (Å²) in [6, 6.07) is 18.5. The number of anilines is 1. The number of hydrogen-bond acceptors (Lipinski definition) is 8. The number of aryl methyl sites for hydroxylation is 1. The predicted molar refractivity (Wildman–Crippen MR) is 125 cm³/mol. The van der Waals surface area contributed by atoms with Gasteiger partial charge in [0, 0.05) is 12.1 Å². The van der Waals surface area contributed by atoms with Crippen molar-refractivity contribution in [2.45, 2.75) is 19.1 Å². The number of ether oxygens (including phenoxy) is 2. The molecule has 184 valence electrons. The molecule has 11 nitrogen and oxygen atoms in total. The van der Waals surface area contributed by atoms with Crippen LogP contribution in [0.15, 0.2) is 78.9 Å². The Hall–Kier alpha value is -5.06. The average molecular weight is 492 g/mol. The van der Waals surface area contributed by atoms with Crippen LogP contribution in [-0.4, -0.2) is 46.1 Å². The van der Waals surface area contributed by atoms with Crippen molar-refractivity contribution in [3.8, 4) is 0 Å². The van der Waals surface area contributed by atoms with Crippen molar-refractivity contribution in [3.63, 3.8) is 0 Å². The van der Waals surface area contributed by atoms with E-state index in [4.69, 9.17) is 9.47 Å². The van der Waals surface area contributed by atoms with Gasteiger partial charge in [0.25, 0.3) is 11.6 Å². The summed E-state index contributed by atoms with van der Waals surface area (Å²) in [5.41, 5.74) is 0.0786. The van der Waals surface area contributed by atoms with Gasteiger partial charge in [-0.2, -0.15) is 0 Å². The molecule has 3 aromatic rings. The Morgan fingerprint density at radius 3 is 1.81 bits per heavy atom. The molecule has 0 aromatic heterocycles. The minimum atomic E-state index is -2.23. The van der Waals surface area contributed by atoms with E-state index in [2.05, 4.69) is 5.32 Å². The van der Waals surface area contributed by atoms with Crippen molar-refractivity contribution < 1.29 is 38.7 Å². The Labute approximate surface area is 204 Å². The van der Waals surface area contributed by atoms with Gasteiger partial charge in [0.15, 0.2) is 0 Å². The van der Waals surface area contributed by atoms with E-state index in [-0.39, 0.29) is 22.5 Å². The molecule has 0 bridgehead atoms. The minimum Gasteiger partial charge on any atom is -0.478 e. The van der Waals surface area contributed by atoms with Crippen molar-refractivity contribution in [2.24, 2.45) is 0 Å². The van der Waals surface area contributed by atoms with Gasteiger partial charge in [-0.15, -0.1) is 0 Å². The third-order valence-electron chi connectivity index (χ3n) is 4.95. The number of nitro benzene ring substituents is 1. The number of nitrogens with one attached hydrogen (secondary N) is 1. The molecule has 0 spiro atoms. The number of carboxylic acids is 1. The number of benzene rings is 3. The molecule has 3 aromatic carbocycles. The summed E-state index contributed by atoms with van der Waals surface area (Å²) in [5.74, 6) is -5.04. The second kappa shape index (κ2) is 11.4. The largest absolute Gasteiger partial charge is 0.478 e. The molecular formula is C25H20N2O9. The van der Waals surface area contributed by atoms with Crippen LogP contribution in [0, 0.1) is 17.0 Å². The number of nitrogens with zero attached hydrogens (tertiary/aromatic N) is 1. The molecular weight excluding hydrogens is 472 g/mol. The standard InChI is InChI=1S/C25H20N2O9/c1-15-12-13-18(27(33)34)14-19(15)26-22(28)20(35-24(31)16-8-4-2-5-9-16)21(23(29)30)36-25(32)17-10-6-3-7-11-17/h2-14,20-21H,1H3,(H,26,28)(H,29,30)/t20-,21-/m1/s1. The van der Waals surface area contributed by atoms with E-state index in [9.17, 15) is 34.4 Å². The topological polar surface area (TPSA) is 162 Å². The highest BCUT2D eigenvalue weighted by molar-refractivity contribution is 6.02. The molecule has 0 saturated heterocycles. The maximum Gasteiger partial charge on any atom is 0.349 e. The third-order valence-corrected chi connectivity index (χ3v) is 4.95. The molecule has 0 aliphatic rings. The Bertz CT molecular complexity index is 1290. The van der Waals surface area contributed by atoms with Crippen LogP contribution in [0.25, 0.3) is 0 Å². The van der Waals surface area contributed by atoms with Crippen LogP contribution in [0.5, 0.6) is 0 Å². The Kier molecular flexibility index (Phi) is 8.08. The maximum absolute atomic E-state index is 13.2. The van der Waals surface area contributed by atoms with Crippen molar-refractivity contribution in [1.29, 1.82) is 0 Å². The quantitative estimate of drug-likeness (QED) is 0.259. The fourth-order valence-electron chi connectivity index (χ4n) is 3.07. The van der Waals surface area contributed by atoms with Gasteiger partial charge < -0.3 is 19.9 Å². The zero-order valence-electron chi connectivity index (χ0n) is 18.8.